The number of carbonyl (C=O) groups is 2. The minimum absolute atomic E-state index is 0.0823. The maximum atomic E-state index is 13.9. The lowest BCUT2D eigenvalue weighted by Crippen LogP contribution is -2.51. The molecule has 39 heavy (non-hydrogen) atoms. The van der Waals surface area contributed by atoms with Crippen molar-refractivity contribution >= 4 is 43.5 Å². The highest BCUT2D eigenvalue weighted by molar-refractivity contribution is 9.10. The van der Waals surface area contributed by atoms with Crippen LogP contribution in [-0.4, -0.2) is 44.3 Å². The molecule has 1 N–H and O–H groups in total. The number of rotatable bonds is 12. The summed E-state index contributed by atoms with van der Waals surface area (Å²) in [7, 11) is -4.08. The standard InChI is InChI=1S/C30H36BrN3O4S/c1-5-19-32-30(36)23(4)33(20-24-11-15-26(31)16-12-24)29(35)21-34(27-17-13-25(14-18-27)22(2)3)39(37,38)28-9-7-6-8-10-28/h6-18,22-23H,5,19-21H2,1-4H3,(H,32,36). The lowest BCUT2D eigenvalue weighted by atomic mass is 10.0. The molecule has 3 rings (SSSR count). The van der Waals surface area contributed by atoms with Gasteiger partial charge in [0.1, 0.15) is 12.6 Å². The van der Waals surface area contributed by atoms with Gasteiger partial charge in [-0.15, -0.1) is 0 Å². The molecule has 1 unspecified atom stereocenters. The number of sulfonamides is 1. The molecule has 9 heteroatoms. The molecule has 0 radical (unpaired) electrons. The molecular weight excluding hydrogens is 578 g/mol. The number of anilines is 1. The second kappa shape index (κ2) is 13.8. The van der Waals surface area contributed by atoms with Crippen molar-refractivity contribution in [1.82, 2.24) is 10.2 Å². The first-order chi connectivity index (χ1) is 18.5. The number of carbonyl (C=O) groups excluding carboxylic acids is 2. The van der Waals surface area contributed by atoms with Crippen LogP contribution in [0.2, 0.25) is 0 Å². The van der Waals surface area contributed by atoms with E-state index in [4.69, 9.17) is 0 Å². The quantitative estimate of drug-likeness (QED) is 0.283. The van der Waals surface area contributed by atoms with Gasteiger partial charge < -0.3 is 10.2 Å². The molecule has 3 aromatic rings. The summed E-state index contributed by atoms with van der Waals surface area (Å²) in [5.74, 6) is -0.505. The van der Waals surface area contributed by atoms with Gasteiger partial charge in [0.05, 0.1) is 10.6 Å². The number of benzene rings is 3. The van der Waals surface area contributed by atoms with Crippen LogP contribution in [0.4, 0.5) is 5.69 Å². The average molecular weight is 615 g/mol. The Balaban J connectivity index is 2.01. The van der Waals surface area contributed by atoms with E-state index >= 15 is 0 Å². The summed E-state index contributed by atoms with van der Waals surface area (Å²) in [6, 6.07) is 21.9. The Morgan fingerprint density at radius 1 is 0.897 bits per heavy atom. The third-order valence-electron chi connectivity index (χ3n) is 6.44. The van der Waals surface area contributed by atoms with Gasteiger partial charge in [-0.3, -0.25) is 13.9 Å². The number of hydrogen-bond donors (Lipinski definition) is 1. The fourth-order valence-corrected chi connectivity index (χ4v) is 5.74. The molecule has 1 atom stereocenters. The highest BCUT2D eigenvalue weighted by atomic mass is 79.9. The maximum absolute atomic E-state index is 13.9. The van der Waals surface area contributed by atoms with Crippen LogP contribution in [0, 0.1) is 0 Å². The number of halogens is 1. The molecule has 0 spiro atoms. The van der Waals surface area contributed by atoms with Crippen LogP contribution < -0.4 is 9.62 Å². The summed E-state index contributed by atoms with van der Waals surface area (Å²) >= 11 is 3.42. The number of nitrogens with one attached hydrogen (secondary N) is 1. The number of hydrogen-bond acceptors (Lipinski definition) is 4. The molecule has 2 amide bonds. The third-order valence-corrected chi connectivity index (χ3v) is 8.76. The Morgan fingerprint density at radius 2 is 1.51 bits per heavy atom. The highest BCUT2D eigenvalue weighted by Gasteiger charge is 2.32. The molecule has 0 heterocycles. The lowest BCUT2D eigenvalue weighted by Gasteiger charge is -2.32. The summed E-state index contributed by atoms with van der Waals surface area (Å²) < 4.78 is 29.7. The first-order valence-corrected chi connectivity index (χ1v) is 15.3. The van der Waals surface area contributed by atoms with E-state index in [1.165, 1.54) is 17.0 Å². The second-order valence-electron chi connectivity index (χ2n) is 9.69. The molecule has 0 aliphatic carbocycles. The van der Waals surface area contributed by atoms with Gasteiger partial charge in [0.2, 0.25) is 11.8 Å². The Morgan fingerprint density at radius 3 is 2.08 bits per heavy atom. The average Bonchev–Trinajstić information content (AvgIpc) is 2.94. The molecule has 0 aliphatic rings. The Labute approximate surface area is 240 Å². The largest absolute Gasteiger partial charge is 0.354 e. The molecule has 0 fully saturated rings. The van der Waals surface area contributed by atoms with E-state index in [0.717, 1.165) is 26.3 Å². The minimum atomic E-state index is -4.08. The fraction of sp³-hybridized carbons (Fsp3) is 0.333. The van der Waals surface area contributed by atoms with Crippen molar-refractivity contribution in [2.24, 2.45) is 0 Å². The zero-order valence-electron chi connectivity index (χ0n) is 22.8. The normalized spacial score (nSPS) is 12.2. The van der Waals surface area contributed by atoms with E-state index in [9.17, 15) is 18.0 Å². The van der Waals surface area contributed by atoms with Crippen molar-refractivity contribution in [2.75, 3.05) is 17.4 Å². The topological polar surface area (TPSA) is 86.8 Å². The third kappa shape index (κ3) is 7.92. The van der Waals surface area contributed by atoms with Crippen LogP contribution in [-0.2, 0) is 26.2 Å². The van der Waals surface area contributed by atoms with Crippen molar-refractivity contribution < 1.29 is 18.0 Å². The molecule has 7 nitrogen and oxygen atoms in total. The van der Waals surface area contributed by atoms with E-state index in [2.05, 4.69) is 35.1 Å². The number of nitrogens with zero attached hydrogens (tertiary/aromatic N) is 2. The molecule has 0 aromatic heterocycles. The van der Waals surface area contributed by atoms with Crippen LogP contribution in [0.1, 0.15) is 51.2 Å². The molecule has 3 aromatic carbocycles. The summed E-state index contributed by atoms with van der Waals surface area (Å²) in [5, 5.41) is 2.85. The zero-order chi connectivity index (χ0) is 28.6. The summed E-state index contributed by atoms with van der Waals surface area (Å²) in [6.07, 6.45) is 0.759. The van der Waals surface area contributed by atoms with Gasteiger partial charge in [0.15, 0.2) is 0 Å². The van der Waals surface area contributed by atoms with Crippen LogP contribution >= 0.6 is 15.9 Å². The van der Waals surface area contributed by atoms with E-state index in [-0.39, 0.29) is 23.3 Å². The molecule has 0 saturated heterocycles. The van der Waals surface area contributed by atoms with Gasteiger partial charge in [0, 0.05) is 17.6 Å². The molecular formula is C30H36BrN3O4S. The maximum Gasteiger partial charge on any atom is 0.264 e. The molecule has 0 bridgehead atoms. The van der Waals surface area contributed by atoms with Crippen molar-refractivity contribution in [1.29, 1.82) is 0 Å². The van der Waals surface area contributed by atoms with Gasteiger partial charge in [-0.25, -0.2) is 8.42 Å². The van der Waals surface area contributed by atoms with Crippen LogP contribution in [0.25, 0.3) is 0 Å². The van der Waals surface area contributed by atoms with E-state index in [0.29, 0.717) is 12.2 Å². The number of amides is 2. The monoisotopic (exact) mass is 613 g/mol. The second-order valence-corrected chi connectivity index (χ2v) is 12.5. The van der Waals surface area contributed by atoms with Gasteiger partial charge >= 0.3 is 0 Å². The van der Waals surface area contributed by atoms with Gasteiger partial charge in [-0.1, -0.05) is 79.2 Å². The van der Waals surface area contributed by atoms with E-state index in [1.54, 1.807) is 37.3 Å². The predicted octanol–water partition coefficient (Wildman–Crippen LogP) is 5.71. The Kier molecular flexibility index (Phi) is 10.7. The van der Waals surface area contributed by atoms with Crippen molar-refractivity contribution in [2.45, 2.75) is 57.5 Å². The van der Waals surface area contributed by atoms with Gasteiger partial charge in [-0.2, -0.15) is 0 Å². The molecule has 208 valence electrons. The lowest BCUT2D eigenvalue weighted by molar-refractivity contribution is -0.139. The summed E-state index contributed by atoms with van der Waals surface area (Å²) in [5.41, 5.74) is 2.25. The first-order valence-electron chi connectivity index (χ1n) is 13.0. The fourth-order valence-electron chi connectivity index (χ4n) is 4.04. The van der Waals surface area contributed by atoms with E-state index in [1.807, 2.05) is 43.3 Å². The Bertz CT molecular complexity index is 1350. The predicted molar refractivity (Wildman–Crippen MR) is 159 cm³/mol. The summed E-state index contributed by atoms with van der Waals surface area (Å²) in [6.45, 7) is 7.91. The SMILES string of the molecule is CCCNC(=O)C(C)N(Cc1ccc(Br)cc1)C(=O)CN(c1ccc(C(C)C)cc1)S(=O)(=O)c1ccccc1. The Hall–Kier alpha value is -3.17. The van der Waals surface area contributed by atoms with E-state index < -0.39 is 28.5 Å². The van der Waals surface area contributed by atoms with Crippen molar-refractivity contribution in [3.8, 4) is 0 Å². The minimum Gasteiger partial charge on any atom is -0.354 e. The van der Waals surface area contributed by atoms with Gasteiger partial charge in [-0.05, 0) is 66.8 Å². The van der Waals surface area contributed by atoms with Crippen LogP contribution in [0.15, 0.2) is 88.2 Å². The van der Waals surface area contributed by atoms with Crippen LogP contribution in [0.5, 0.6) is 0 Å². The zero-order valence-corrected chi connectivity index (χ0v) is 25.2. The summed E-state index contributed by atoms with van der Waals surface area (Å²) in [4.78, 5) is 28.3. The smallest absolute Gasteiger partial charge is 0.264 e. The highest BCUT2D eigenvalue weighted by Crippen LogP contribution is 2.26. The van der Waals surface area contributed by atoms with Crippen LogP contribution in [0.3, 0.4) is 0 Å². The molecule has 0 aliphatic heterocycles. The van der Waals surface area contributed by atoms with Crippen molar-refractivity contribution in [3.63, 3.8) is 0 Å². The molecule has 0 saturated carbocycles. The van der Waals surface area contributed by atoms with Gasteiger partial charge in [0.25, 0.3) is 10.0 Å². The van der Waals surface area contributed by atoms with Crippen molar-refractivity contribution in [3.05, 3.63) is 94.5 Å². The first kappa shape index (κ1) is 30.4.